The number of carbonyl (C=O) groups excluding carboxylic acids is 1. The van der Waals surface area contributed by atoms with E-state index >= 15 is 0 Å². The van der Waals surface area contributed by atoms with Crippen LogP contribution in [0.25, 0.3) is 11.4 Å². The Morgan fingerprint density at radius 3 is 2.32 bits per heavy atom. The van der Waals surface area contributed by atoms with Crippen LogP contribution in [0.2, 0.25) is 5.02 Å². The van der Waals surface area contributed by atoms with Crippen LogP contribution in [0.1, 0.15) is 37.9 Å². The average molecular weight is 406 g/mol. The second-order valence-corrected chi connectivity index (χ2v) is 7.19. The standard InChI is InChI=1S/C21H28ClN3O3/c1-4-11-24(12-5-2)19(27)14-25-20(16-6-8-17(22)9-7-16)23-15(3)18(10-13-26)21(25)28/h6-9,26H,4-5,10-14H2,1-3H3. The van der Waals surface area contributed by atoms with Crippen molar-refractivity contribution >= 4 is 17.5 Å². The second-order valence-electron chi connectivity index (χ2n) is 6.75. The number of aliphatic hydroxyl groups excluding tert-OH is 1. The molecule has 7 heteroatoms. The zero-order valence-electron chi connectivity index (χ0n) is 16.7. The molecule has 0 saturated carbocycles. The second kappa shape index (κ2) is 10.4. The van der Waals surface area contributed by atoms with Crippen LogP contribution in [0.3, 0.4) is 0 Å². The van der Waals surface area contributed by atoms with E-state index in [0.29, 0.717) is 40.8 Å². The SMILES string of the molecule is CCCN(CCC)C(=O)Cn1c(-c2ccc(Cl)cc2)nc(C)c(CCO)c1=O. The van der Waals surface area contributed by atoms with E-state index in [4.69, 9.17) is 11.6 Å². The number of aromatic nitrogens is 2. The largest absolute Gasteiger partial charge is 0.396 e. The molecule has 6 nitrogen and oxygen atoms in total. The van der Waals surface area contributed by atoms with E-state index in [1.165, 1.54) is 4.57 Å². The minimum Gasteiger partial charge on any atom is -0.396 e. The molecule has 0 aliphatic rings. The molecule has 1 heterocycles. The summed E-state index contributed by atoms with van der Waals surface area (Å²) >= 11 is 5.99. The maximum Gasteiger partial charge on any atom is 0.257 e. The molecule has 1 aromatic carbocycles. The van der Waals surface area contributed by atoms with Gasteiger partial charge in [-0.15, -0.1) is 0 Å². The van der Waals surface area contributed by atoms with Crippen LogP contribution in [0.5, 0.6) is 0 Å². The molecule has 28 heavy (non-hydrogen) atoms. The zero-order chi connectivity index (χ0) is 20.7. The molecule has 0 aliphatic heterocycles. The Hall–Kier alpha value is -2.18. The molecule has 0 aliphatic carbocycles. The molecule has 1 aromatic heterocycles. The number of amides is 1. The Morgan fingerprint density at radius 2 is 1.79 bits per heavy atom. The summed E-state index contributed by atoms with van der Waals surface area (Å²) < 4.78 is 1.42. The van der Waals surface area contributed by atoms with Gasteiger partial charge in [-0.2, -0.15) is 0 Å². The van der Waals surface area contributed by atoms with Crippen molar-refractivity contribution in [2.24, 2.45) is 0 Å². The first-order chi connectivity index (χ1) is 13.4. The fraction of sp³-hybridized carbons (Fsp3) is 0.476. The summed E-state index contributed by atoms with van der Waals surface area (Å²) in [4.78, 5) is 32.4. The minimum absolute atomic E-state index is 0.0809. The van der Waals surface area contributed by atoms with Gasteiger partial charge in [0.1, 0.15) is 12.4 Å². The average Bonchev–Trinajstić information content (AvgIpc) is 2.67. The number of hydrogen-bond donors (Lipinski definition) is 1. The molecule has 152 valence electrons. The summed E-state index contributed by atoms with van der Waals surface area (Å²) in [5.74, 6) is 0.323. The molecule has 0 saturated heterocycles. The Labute approximate surface area is 170 Å². The fourth-order valence-electron chi connectivity index (χ4n) is 3.20. The molecule has 0 unspecified atom stereocenters. The van der Waals surface area contributed by atoms with Gasteiger partial charge in [-0.25, -0.2) is 4.98 Å². The number of nitrogens with zero attached hydrogens (tertiary/aromatic N) is 3. The Balaban J connectivity index is 2.55. The van der Waals surface area contributed by atoms with Crippen molar-refractivity contribution in [3.8, 4) is 11.4 Å². The highest BCUT2D eigenvalue weighted by Gasteiger charge is 2.20. The lowest BCUT2D eigenvalue weighted by Crippen LogP contribution is -2.39. The molecule has 2 aromatic rings. The third kappa shape index (κ3) is 5.20. The highest BCUT2D eigenvalue weighted by Crippen LogP contribution is 2.20. The van der Waals surface area contributed by atoms with Crippen LogP contribution in [0.4, 0.5) is 0 Å². The highest BCUT2D eigenvalue weighted by atomic mass is 35.5. The molecule has 2 rings (SSSR count). The highest BCUT2D eigenvalue weighted by molar-refractivity contribution is 6.30. The van der Waals surface area contributed by atoms with Crippen molar-refractivity contribution in [1.29, 1.82) is 0 Å². The molecular weight excluding hydrogens is 378 g/mol. The Morgan fingerprint density at radius 1 is 1.18 bits per heavy atom. The summed E-state index contributed by atoms with van der Waals surface area (Å²) in [5.41, 5.74) is 1.43. The van der Waals surface area contributed by atoms with Gasteiger partial charge in [0.15, 0.2) is 0 Å². The van der Waals surface area contributed by atoms with Crippen molar-refractivity contribution in [3.05, 3.63) is 50.9 Å². The molecule has 1 amide bonds. The van der Waals surface area contributed by atoms with E-state index in [0.717, 1.165) is 12.8 Å². The van der Waals surface area contributed by atoms with Gasteiger partial charge in [-0.3, -0.25) is 14.2 Å². The summed E-state index contributed by atoms with van der Waals surface area (Å²) in [5, 5.41) is 9.90. The van der Waals surface area contributed by atoms with Crippen LogP contribution in [-0.4, -0.2) is 45.2 Å². The minimum atomic E-state index is -0.284. The maximum absolute atomic E-state index is 13.1. The van der Waals surface area contributed by atoms with Crippen molar-refractivity contribution in [3.63, 3.8) is 0 Å². The van der Waals surface area contributed by atoms with Gasteiger partial charge in [0.2, 0.25) is 5.91 Å². The topological polar surface area (TPSA) is 75.4 Å². The molecule has 0 radical (unpaired) electrons. The third-order valence-electron chi connectivity index (χ3n) is 4.57. The normalized spacial score (nSPS) is 10.9. The van der Waals surface area contributed by atoms with Crippen LogP contribution in [0, 0.1) is 6.92 Å². The number of carbonyl (C=O) groups is 1. The van der Waals surface area contributed by atoms with Crippen molar-refractivity contribution < 1.29 is 9.90 Å². The molecular formula is C21H28ClN3O3. The van der Waals surface area contributed by atoms with Crippen molar-refractivity contribution in [2.75, 3.05) is 19.7 Å². The Kier molecular flexibility index (Phi) is 8.20. The molecule has 1 N–H and O–H groups in total. The molecule has 0 spiro atoms. The van der Waals surface area contributed by atoms with E-state index < -0.39 is 0 Å². The predicted molar refractivity (Wildman–Crippen MR) is 112 cm³/mol. The van der Waals surface area contributed by atoms with Gasteiger partial charge in [0.05, 0.1) is 0 Å². The van der Waals surface area contributed by atoms with E-state index in [1.807, 2.05) is 13.8 Å². The molecule has 0 atom stereocenters. The summed E-state index contributed by atoms with van der Waals surface area (Å²) in [6.45, 7) is 6.87. The fourth-order valence-corrected chi connectivity index (χ4v) is 3.33. The lowest BCUT2D eigenvalue weighted by molar-refractivity contribution is -0.132. The number of rotatable bonds is 9. The maximum atomic E-state index is 13.1. The van der Waals surface area contributed by atoms with Gasteiger partial charge in [-0.1, -0.05) is 25.4 Å². The third-order valence-corrected chi connectivity index (χ3v) is 4.82. The first-order valence-electron chi connectivity index (χ1n) is 9.67. The first kappa shape index (κ1) is 22.1. The number of aryl methyl sites for hydroxylation is 1. The number of hydrogen-bond acceptors (Lipinski definition) is 4. The first-order valence-corrected chi connectivity index (χ1v) is 10.1. The molecule has 0 bridgehead atoms. The number of aliphatic hydroxyl groups is 1. The zero-order valence-corrected chi connectivity index (χ0v) is 17.5. The van der Waals surface area contributed by atoms with E-state index in [1.54, 1.807) is 36.1 Å². The quantitative estimate of drug-likeness (QED) is 0.695. The predicted octanol–water partition coefficient (Wildman–Crippen LogP) is 3.06. The van der Waals surface area contributed by atoms with Gasteiger partial charge in [0, 0.05) is 48.0 Å². The van der Waals surface area contributed by atoms with Crippen LogP contribution < -0.4 is 5.56 Å². The van der Waals surface area contributed by atoms with Gasteiger partial charge in [0.25, 0.3) is 5.56 Å². The van der Waals surface area contributed by atoms with Crippen LogP contribution in [0.15, 0.2) is 29.1 Å². The van der Waals surface area contributed by atoms with E-state index in [-0.39, 0.29) is 31.0 Å². The van der Waals surface area contributed by atoms with Gasteiger partial charge >= 0.3 is 0 Å². The lowest BCUT2D eigenvalue weighted by Gasteiger charge is -2.23. The van der Waals surface area contributed by atoms with E-state index in [2.05, 4.69) is 4.98 Å². The Bertz CT molecular complexity index is 856. The van der Waals surface area contributed by atoms with Crippen LogP contribution >= 0.6 is 11.6 Å². The van der Waals surface area contributed by atoms with Crippen molar-refractivity contribution in [2.45, 2.75) is 46.6 Å². The van der Waals surface area contributed by atoms with Crippen molar-refractivity contribution in [1.82, 2.24) is 14.5 Å². The number of benzene rings is 1. The summed E-state index contributed by atoms with van der Waals surface area (Å²) in [7, 11) is 0. The van der Waals surface area contributed by atoms with Gasteiger partial charge in [-0.05, 0) is 44.0 Å². The summed E-state index contributed by atoms with van der Waals surface area (Å²) in [6, 6.07) is 7.03. The lowest BCUT2D eigenvalue weighted by atomic mass is 10.1. The van der Waals surface area contributed by atoms with Gasteiger partial charge < -0.3 is 10.0 Å². The van der Waals surface area contributed by atoms with Crippen LogP contribution in [-0.2, 0) is 17.8 Å². The summed E-state index contributed by atoms with van der Waals surface area (Å²) in [6.07, 6.45) is 1.92. The van der Waals surface area contributed by atoms with E-state index in [9.17, 15) is 14.7 Å². The smallest absolute Gasteiger partial charge is 0.257 e. The number of halogens is 1. The monoisotopic (exact) mass is 405 g/mol. The molecule has 0 fully saturated rings.